The Labute approximate surface area is 112 Å². The fourth-order valence-corrected chi connectivity index (χ4v) is 4.54. The lowest BCUT2D eigenvalue weighted by molar-refractivity contribution is 0.0692. The van der Waals surface area contributed by atoms with Gasteiger partial charge in [0.1, 0.15) is 0 Å². The van der Waals surface area contributed by atoms with Crippen LogP contribution in [0.2, 0.25) is 0 Å². The summed E-state index contributed by atoms with van der Waals surface area (Å²) in [5, 5.41) is 9.11. The van der Waals surface area contributed by atoms with E-state index in [4.69, 9.17) is 5.11 Å². The second-order valence-corrected chi connectivity index (χ2v) is 6.92. The number of rotatable bonds is 3. The van der Waals surface area contributed by atoms with Gasteiger partial charge in [-0.25, -0.2) is 13.2 Å². The summed E-state index contributed by atoms with van der Waals surface area (Å²) in [6, 6.07) is 5.65. The molecule has 1 fully saturated rings. The molecule has 0 saturated carbocycles. The Morgan fingerprint density at radius 2 is 1.95 bits per heavy atom. The fourth-order valence-electron chi connectivity index (χ4n) is 2.59. The van der Waals surface area contributed by atoms with Gasteiger partial charge >= 0.3 is 5.97 Å². The van der Waals surface area contributed by atoms with Gasteiger partial charge in [0.15, 0.2) is 0 Å². The minimum absolute atomic E-state index is 0.0955. The molecule has 2 atom stereocenters. The largest absolute Gasteiger partial charge is 0.478 e. The molecule has 1 heterocycles. The molecule has 2 unspecified atom stereocenters. The highest BCUT2D eigenvalue weighted by atomic mass is 32.2. The first-order chi connectivity index (χ1) is 8.84. The minimum atomic E-state index is -3.74. The number of carboxylic acids is 1. The minimum Gasteiger partial charge on any atom is -0.478 e. The number of carboxylic acid groups (broad SMARTS) is 1. The molecule has 1 aliphatic heterocycles. The average molecular weight is 283 g/mol. The molecular weight excluding hydrogens is 266 g/mol. The number of carbonyl (C=O) groups is 1. The van der Waals surface area contributed by atoms with Crippen molar-refractivity contribution >= 4 is 16.0 Å². The molecule has 2 rings (SSSR count). The van der Waals surface area contributed by atoms with Crippen LogP contribution in [0.15, 0.2) is 29.2 Å². The van der Waals surface area contributed by atoms with Gasteiger partial charge in [-0.3, -0.25) is 0 Å². The van der Waals surface area contributed by atoms with Crippen molar-refractivity contribution in [1.29, 1.82) is 0 Å². The van der Waals surface area contributed by atoms with E-state index >= 15 is 0 Å². The van der Waals surface area contributed by atoms with Gasteiger partial charge in [-0.15, -0.1) is 0 Å². The molecule has 0 aromatic heterocycles. The van der Waals surface area contributed by atoms with Crippen LogP contribution in [0, 0.1) is 5.92 Å². The van der Waals surface area contributed by atoms with Crippen LogP contribution in [0.25, 0.3) is 0 Å². The zero-order valence-corrected chi connectivity index (χ0v) is 11.7. The number of benzene rings is 1. The molecule has 1 aromatic rings. The van der Waals surface area contributed by atoms with E-state index in [0.717, 1.165) is 6.42 Å². The second-order valence-electron chi connectivity index (χ2n) is 5.07. The molecule has 0 aliphatic carbocycles. The first kappa shape index (κ1) is 14.0. The monoisotopic (exact) mass is 283 g/mol. The van der Waals surface area contributed by atoms with Crippen molar-refractivity contribution in [3.63, 3.8) is 0 Å². The quantitative estimate of drug-likeness (QED) is 0.918. The molecule has 1 aliphatic rings. The molecule has 0 bridgehead atoms. The Bertz CT molecular complexity index is 596. The zero-order chi connectivity index (χ0) is 14.2. The smallest absolute Gasteiger partial charge is 0.337 e. The third-order valence-electron chi connectivity index (χ3n) is 3.43. The van der Waals surface area contributed by atoms with Crippen molar-refractivity contribution in [2.24, 2.45) is 5.92 Å². The van der Waals surface area contributed by atoms with Gasteiger partial charge in [-0.1, -0.05) is 19.1 Å². The maximum atomic E-state index is 12.6. The summed E-state index contributed by atoms with van der Waals surface area (Å²) >= 11 is 0. The van der Waals surface area contributed by atoms with E-state index in [1.807, 2.05) is 13.8 Å². The van der Waals surface area contributed by atoms with Crippen molar-refractivity contribution in [3.8, 4) is 0 Å². The normalized spacial score (nSPS) is 24.5. The van der Waals surface area contributed by atoms with E-state index in [9.17, 15) is 13.2 Å². The number of sulfonamides is 1. The third-order valence-corrected chi connectivity index (χ3v) is 5.47. The van der Waals surface area contributed by atoms with Crippen LogP contribution < -0.4 is 0 Å². The van der Waals surface area contributed by atoms with Crippen LogP contribution in [0.3, 0.4) is 0 Å². The summed E-state index contributed by atoms with van der Waals surface area (Å²) in [6.07, 6.45) is 0.800. The summed E-state index contributed by atoms with van der Waals surface area (Å²) in [5.74, 6) is -0.930. The van der Waals surface area contributed by atoms with Gasteiger partial charge in [0.05, 0.1) is 10.5 Å². The summed E-state index contributed by atoms with van der Waals surface area (Å²) in [6.45, 7) is 4.29. The topological polar surface area (TPSA) is 74.7 Å². The average Bonchev–Trinajstić information content (AvgIpc) is 2.69. The maximum absolute atomic E-state index is 12.6. The van der Waals surface area contributed by atoms with Crippen LogP contribution >= 0.6 is 0 Å². The maximum Gasteiger partial charge on any atom is 0.337 e. The molecule has 5 nitrogen and oxygen atoms in total. The zero-order valence-electron chi connectivity index (χ0n) is 10.9. The van der Waals surface area contributed by atoms with Gasteiger partial charge in [0, 0.05) is 12.6 Å². The molecule has 0 amide bonds. The molecule has 104 valence electrons. The van der Waals surface area contributed by atoms with Gasteiger partial charge in [-0.2, -0.15) is 4.31 Å². The van der Waals surface area contributed by atoms with Crippen molar-refractivity contribution in [1.82, 2.24) is 4.31 Å². The highest BCUT2D eigenvalue weighted by molar-refractivity contribution is 7.89. The number of nitrogens with zero attached hydrogens (tertiary/aromatic N) is 1. The molecule has 6 heteroatoms. The van der Waals surface area contributed by atoms with Gasteiger partial charge in [0.2, 0.25) is 10.0 Å². The van der Waals surface area contributed by atoms with Crippen molar-refractivity contribution in [2.45, 2.75) is 31.2 Å². The first-order valence-electron chi connectivity index (χ1n) is 6.18. The van der Waals surface area contributed by atoms with E-state index < -0.39 is 16.0 Å². The van der Waals surface area contributed by atoms with Crippen molar-refractivity contribution in [2.75, 3.05) is 6.54 Å². The Morgan fingerprint density at radius 1 is 1.32 bits per heavy atom. The van der Waals surface area contributed by atoms with Gasteiger partial charge in [-0.05, 0) is 31.4 Å². The van der Waals surface area contributed by atoms with E-state index in [2.05, 4.69) is 0 Å². The molecule has 0 spiro atoms. The molecule has 1 aromatic carbocycles. The van der Waals surface area contributed by atoms with Crippen LogP contribution in [-0.2, 0) is 10.0 Å². The number of hydrogen-bond donors (Lipinski definition) is 1. The summed E-state index contributed by atoms with van der Waals surface area (Å²) < 4.78 is 26.6. The SMILES string of the molecule is CC1CC(C)N(S(=O)(=O)c2ccccc2C(=O)O)C1. The van der Waals surface area contributed by atoms with Crippen LogP contribution in [0.4, 0.5) is 0 Å². The highest BCUT2D eigenvalue weighted by Crippen LogP contribution is 2.30. The summed E-state index contributed by atoms with van der Waals surface area (Å²) in [7, 11) is -3.74. The Kier molecular flexibility index (Phi) is 3.64. The van der Waals surface area contributed by atoms with Gasteiger partial charge < -0.3 is 5.11 Å². The van der Waals surface area contributed by atoms with E-state index in [-0.39, 0.29) is 16.5 Å². The number of aromatic carboxylic acids is 1. The first-order valence-corrected chi connectivity index (χ1v) is 7.62. The van der Waals surface area contributed by atoms with E-state index in [1.165, 1.54) is 22.5 Å². The summed E-state index contributed by atoms with van der Waals surface area (Å²) in [4.78, 5) is 11.0. The van der Waals surface area contributed by atoms with Crippen LogP contribution in [0.1, 0.15) is 30.6 Å². The Morgan fingerprint density at radius 3 is 2.47 bits per heavy atom. The highest BCUT2D eigenvalue weighted by Gasteiger charge is 2.37. The van der Waals surface area contributed by atoms with Crippen LogP contribution in [0.5, 0.6) is 0 Å². The van der Waals surface area contributed by atoms with Crippen LogP contribution in [-0.4, -0.2) is 36.4 Å². The molecular formula is C13H17NO4S. The third kappa shape index (κ3) is 2.50. The molecule has 0 radical (unpaired) electrons. The second kappa shape index (κ2) is 4.94. The van der Waals surface area contributed by atoms with Crippen molar-refractivity contribution < 1.29 is 18.3 Å². The fraction of sp³-hybridized carbons (Fsp3) is 0.462. The lowest BCUT2D eigenvalue weighted by Gasteiger charge is -2.21. The molecule has 1 saturated heterocycles. The Balaban J connectivity index is 2.49. The predicted molar refractivity (Wildman–Crippen MR) is 70.5 cm³/mol. The lowest BCUT2D eigenvalue weighted by Crippen LogP contribution is -2.34. The molecule has 1 N–H and O–H groups in total. The molecule has 19 heavy (non-hydrogen) atoms. The lowest BCUT2D eigenvalue weighted by atomic mass is 10.1. The van der Waals surface area contributed by atoms with Gasteiger partial charge in [0.25, 0.3) is 0 Å². The Hall–Kier alpha value is -1.40. The predicted octanol–water partition coefficient (Wildman–Crippen LogP) is 1.80. The van der Waals surface area contributed by atoms with E-state index in [1.54, 1.807) is 6.07 Å². The van der Waals surface area contributed by atoms with E-state index in [0.29, 0.717) is 12.5 Å². The summed E-state index contributed by atoms with van der Waals surface area (Å²) in [5.41, 5.74) is -0.172. The standard InChI is InChI=1S/C13H17NO4S/c1-9-7-10(2)14(8-9)19(17,18)12-6-4-3-5-11(12)13(15)16/h3-6,9-10H,7-8H2,1-2H3,(H,15,16). The van der Waals surface area contributed by atoms with Crippen molar-refractivity contribution in [3.05, 3.63) is 29.8 Å². The number of hydrogen-bond acceptors (Lipinski definition) is 3.